The van der Waals surface area contributed by atoms with Gasteiger partial charge in [-0.2, -0.15) is 0 Å². The average molecular weight is 284 g/mol. The molecule has 3 heteroatoms. The summed E-state index contributed by atoms with van der Waals surface area (Å²) in [4.78, 5) is 18.3. The lowest BCUT2D eigenvalue weighted by Gasteiger charge is -2.20. The van der Waals surface area contributed by atoms with E-state index in [0.717, 1.165) is 25.1 Å². The van der Waals surface area contributed by atoms with Crippen molar-refractivity contribution in [1.82, 2.24) is 0 Å². The molecule has 1 aromatic carbocycles. The van der Waals surface area contributed by atoms with Crippen molar-refractivity contribution in [1.29, 1.82) is 0 Å². The number of benzene rings is 1. The summed E-state index contributed by atoms with van der Waals surface area (Å²) in [5.74, 6) is 0.0990. The summed E-state index contributed by atoms with van der Waals surface area (Å²) in [6.45, 7) is 2.80. The first kappa shape index (κ1) is 15.5. The quantitative estimate of drug-likeness (QED) is 0.742. The number of nitrogens with zero attached hydrogens (tertiary/aromatic N) is 2. The summed E-state index contributed by atoms with van der Waals surface area (Å²) in [6.07, 6.45) is 8.68. The number of hydrogen-bond donors (Lipinski definition) is 0. The fourth-order valence-electron chi connectivity index (χ4n) is 2.55. The van der Waals surface area contributed by atoms with E-state index in [-0.39, 0.29) is 5.78 Å². The van der Waals surface area contributed by atoms with E-state index in [9.17, 15) is 4.79 Å². The summed E-state index contributed by atoms with van der Waals surface area (Å²) >= 11 is 0. The molecule has 0 unspecified atom stereocenters. The summed E-state index contributed by atoms with van der Waals surface area (Å²) in [7, 11) is 2.02. The SMILES string of the molecule is Cc1ccccc1N(C)CCC(=O)C=NC1=CCCCC1. The lowest BCUT2D eigenvalue weighted by Crippen LogP contribution is -2.22. The first-order valence-corrected chi connectivity index (χ1v) is 7.69. The predicted octanol–water partition coefficient (Wildman–Crippen LogP) is 3.92. The van der Waals surface area contributed by atoms with Crippen molar-refractivity contribution in [3.05, 3.63) is 41.6 Å². The Bertz CT molecular complexity index is 546. The van der Waals surface area contributed by atoms with Gasteiger partial charge in [0.05, 0.1) is 6.21 Å². The number of aryl methyl sites for hydroxylation is 1. The van der Waals surface area contributed by atoms with Crippen LogP contribution < -0.4 is 4.90 Å². The Kier molecular flexibility index (Phi) is 5.73. The number of aliphatic imine (C=N–C) groups is 1. The molecule has 0 aromatic heterocycles. The van der Waals surface area contributed by atoms with Crippen molar-refractivity contribution in [2.45, 2.75) is 39.0 Å². The van der Waals surface area contributed by atoms with Crippen molar-refractivity contribution in [3.63, 3.8) is 0 Å². The van der Waals surface area contributed by atoms with Crippen LogP contribution in [0.1, 0.15) is 37.7 Å². The Labute approximate surface area is 127 Å². The van der Waals surface area contributed by atoms with Crippen LogP contribution in [0.4, 0.5) is 5.69 Å². The number of carbonyl (C=O) groups excluding carboxylic acids is 1. The van der Waals surface area contributed by atoms with Gasteiger partial charge in [-0.3, -0.25) is 9.79 Å². The zero-order valence-electron chi connectivity index (χ0n) is 13.0. The zero-order chi connectivity index (χ0) is 15.1. The maximum atomic E-state index is 11.9. The van der Waals surface area contributed by atoms with Crippen molar-refractivity contribution in [3.8, 4) is 0 Å². The molecule has 1 aliphatic rings. The average Bonchev–Trinajstić information content (AvgIpc) is 2.52. The van der Waals surface area contributed by atoms with E-state index in [1.54, 1.807) is 0 Å². The van der Waals surface area contributed by atoms with Gasteiger partial charge in [-0.15, -0.1) is 0 Å². The normalized spacial score (nSPS) is 15.0. The smallest absolute Gasteiger partial charge is 0.175 e. The molecule has 0 aliphatic heterocycles. The van der Waals surface area contributed by atoms with Crippen molar-refractivity contribution in [2.24, 2.45) is 4.99 Å². The Balaban J connectivity index is 1.82. The van der Waals surface area contributed by atoms with Crippen LogP contribution in [0, 0.1) is 6.92 Å². The molecule has 0 bridgehead atoms. The summed E-state index contributed by atoms with van der Waals surface area (Å²) in [5.41, 5.74) is 3.48. The first-order chi connectivity index (χ1) is 10.2. The van der Waals surface area contributed by atoms with Crippen LogP contribution in [0.15, 0.2) is 41.0 Å². The zero-order valence-corrected chi connectivity index (χ0v) is 13.0. The van der Waals surface area contributed by atoms with Crippen LogP contribution in [0.3, 0.4) is 0 Å². The third-order valence-electron chi connectivity index (χ3n) is 3.86. The number of carbonyl (C=O) groups is 1. The molecule has 21 heavy (non-hydrogen) atoms. The minimum Gasteiger partial charge on any atom is -0.374 e. The summed E-state index contributed by atoms with van der Waals surface area (Å²) in [6, 6.07) is 8.23. The van der Waals surface area contributed by atoms with Crippen LogP contribution in [0.25, 0.3) is 0 Å². The van der Waals surface area contributed by atoms with E-state index in [0.29, 0.717) is 6.42 Å². The Morgan fingerprint density at radius 2 is 2.14 bits per heavy atom. The van der Waals surface area contributed by atoms with Crippen molar-refractivity contribution >= 4 is 17.7 Å². The predicted molar refractivity (Wildman–Crippen MR) is 89.1 cm³/mol. The molecule has 0 spiro atoms. The molecule has 0 atom stereocenters. The molecular formula is C18H24N2O. The number of allylic oxidation sites excluding steroid dienone is 2. The van der Waals surface area contributed by atoms with E-state index < -0.39 is 0 Å². The Morgan fingerprint density at radius 3 is 2.86 bits per heavy atom. The number of hydrogen-bond acceptors (Lipinski definition) is 3. The fourth-order valence-corrected chi connectivity index (χ4v) is 2.55. The van der Waals surface area contributed by atoms with Crippen LogP contribution in [0.2, 0.25) is 0 Å². The second kappa shape index (κ2) is 7.77. The summed E-state index contributed by atoms with van der Waals surface area (Å²) in [5, 5.41) is 0. The van der Waals surface area contributed by atoms with Gasteiger partial charge in [0.1, 0.15) is 0 Å². The second-order valence-corrected chi connectivity index (χ2v) is 5.62. The number of anilines is 1. The maximum Gasteiger partial charge on any atom is 0.175 e. The molecule has 2 rings (SSSR count). The van der Waals surface area contributed by atoms with E-state index >= 15 is 0 Å². The number of para-hydroxylation sites is 1. The van der Waals surface area contributed by atoms with Crippen molar-refractivity contribution in [2.75, 3.05) is 18.5 Å². The van der Waals surface area contributed by atoms with E-state index in [4.69, 9.17) is 0 Å². The van der Waals surface area contributed by atoms with E-state index in [2.05, 4.69) is 35.0 Å². The Morgan fingerprint density at radius 1 is 1.33 bits per heavy atom. The maximum absolute atomic E-state index is 11.9. The van der Waals surface area contributed by atoms with Gasteiger partial charge in [0, 0.05) is 31.4 Å². The van der Waals surface area contributed by atoms with E-state index in [1.807, 2.05) is 19.2 Å². The Hall–Kier alpha value is -1.90. The second-order valence-electron chi connectivity index (χ2n) is 5.62. The van der Waals surface area contributed by atoms with Crippen LogP contribution in [-0.4, -0.2) is 25.6 Å². The van der Waals surface area contributed by atoms with Crippen LogP contribution in [0.5, 0.6) is 0 Å². The highest BCUT2D eigenvalue weighted by atomic mass is 16.1. The molecule has 3 nitrogen and oxygen atoms in total. The van der Waals surface area contributed by atoms with Gasteiger partial charge < -0.3 is 4.90 Å². The highest BCUT2D eigenvalue weighted by molar-refractivity contribution is 6.27. The molecule has 112 valence electrons. The van der Waals surface area contributed by atoms with Crippen LogP contribution in [-0.2, 0) is 4.79 Å². The molecule has 0 saturated carbocycles. The molecule has 0 radical (unpaired) electrons. The fraction of sp³-hybridized carbons (Fsp3) is 0.444. The van der Waals surface area contributed by atoms with Gasteiger partial charge >= 0.3 is 0 Å². The summed E-state index contributed by atoms with van der Waals surface area (Å²) < 4.78 is 0. The molecule has 0 heterocycles. The topological polar surface area (TPSA) is 32.7 Å². The molecule has 0 N–H and O–H groups in total. The highest BCUT2D eigenvalue weighted by Gasteiger charge is 2.07. The lowest BCUT2D eigenvalue weighted by molar-refractivity contribution is -0.112. The molecule has 0 fully saturated rings. The monoisotopic (exact) mass is 284 g/mol. The van der Waals surface area contributed by atoms with Gasteiger partial charge in [-0.05, 0) is 44.2 Å². The molecule has 0 saturated heterocycles. The minimum absolute atomic E-state index is 0.0990. The van der Waals surface area contributed by atoms with Gasteiger partial charge in [-0.1, -0.05) is 24.3 Å². The van der Waals surface area contributed by atoms with Gasteiger partial charge in [0.25, 0.3) is 0 Å². The third-order valence-corrected chi connectivity index (χ3v) is 3.86. The molecular weight excluding hydrogens is 260 g/mol. The highest BCUT2D eigenvalue weighted by Crippen LogP contribution is 2.18. The van der Waals surface area contributed by atoms with Crippen molar-refractivity contribution < 1.29 is 4.79 Å². The largest absolute Gasteiger partial charge is 0.374 e. The van der Waals surface area contributed by atoms with Gasteiger partial charge in [-0.25, -0.2) is 0 Å². The first-order valence-electron chi connectivity index (χ1n) is 7.69. The molecule has 0 amide bonds. The standard InChI is InChI=1S/C18H24N2O/c1-15-8-6-7-11-18(15)20(2)13-12-17(21)14-19-16-9-4-3-5-10-16/h6-9,11,14H,3-5,10,12-13H2,1-2H3. The van der Waals surface area contributed by atoms with Gasteiger partial charge in [0.15, 0.2) is 5.78 Å². The number of Topliss-reactive ketones (excluding diaryl/α,β-unsaturated/α-hetero) is 1. The number of ketones is 1. The van der Waals surface area contributed by atoms with E-state index in [1.165, 1.54) is 30.3 Å². The molecule has 1 aromatic rings. The van der Waals surface area contributed by atoms with Crippen LogP contribution >= 0.6 is 0 Å². The minimum atomic E-state index is 0.0990. The van der Waals surface area contributed by atoms with Gasteiger partial charge in [0.2, 0.25) is 0 Å². The number of rotatable bonds is 6. The third kappa shape index (κ3) is 4.85. The molecule has 1 aliphatic carbocycles. The lowest BCUT2D eigenvalue weighted by atomic mass is 10.1.